The quantitative estimate of drug-likeness (QED) is 0.255. The van der Waals surface area contributed by atoms with Crippen LogP contribution in [0.3, 0.4) is 0 Å². The molecule has 4 aromatic rings. The molecule has 2 aliphatic rings. The van der Waals surface area contributed by atoms with Crippen LogP contribution >= 0.6 is 0 Å². The van der Waals surface area contributed by atoms with E-state index in [1.807, 2.05) is 56.3 Å². The average molecular weight is 592 g/mol. The topological polar surface area (TPSA) is 105 Å². The molecule has 6 rings (SSSR count). The number of aryl methyl sites for hydroxylation is 2. The van der Waals surface area contributed by atoms with Crippen LogP contribution in [0.1, 0.15) is 79.5 Å². The van der Waals surface area contributed by atoms with Gasteiger partial charge in [-0.2, -0.15) is 5.10 Å². The first kappa shape index (κ1) is 29.5. The summed E-state index contributed by atoms with van der Waals surface area (Å²) in [4.78, 5) is 37.1. The largest absolute Gasteiger partial charge is 0.331 e. The van der Waals surface area contributed by atoms with Gasteiger partial charge in [-0.25, -0.2) is 14.5 Å². The van der Waals surface area contributed by atoms with Gasteiger partial charge in [-0.3, -0.25) is 15.1 Å². The van der Waals surface area contributed by atoms with Crippen molar-refractivity contribution >= 4 is 23.4 Å². The van der Waals surface area contributed by atoms with E-state index in [1.165, 1.54) is 5.56 Å². The van der Waals surface area contributed by atoms with Gasteiger partial charge in [-0.15, -0.1) is 0 Å². The summed E-state index contributed by atoms with van der Waals surface area (Å²) in [5.41, 5.74) is 5.92. The van der Waals surface area contributed by atoms with Crippen LogP contribution in [0.2, 0.25) is 0 Å². The van der Waals surface area contributed by atoms with Crippen LogP contribution < -0.4 is 10.6 Å². The number of urea groups is 1. The summed E-state index contributed by atoms with van der Waals surface area (Å²) in [5, 5.41) is 10.9. The molecular weight excluding hydrogens is 550 g/mol. The fourth-order valence-corrected chi connectivity index (χ4v) is 6.53. The number of rotatable bonds is 6. The zero-order chi connectivity index (χ0) is 31.0. The summed E-state index contributed by atoms with van der Waals surface area (Å²) in [5.74, 6) is 1.09. The minimum atomic E-state index is -0.319. The van der Waals surface area contributed by atoms with Crippen molar-refractivity contribution in [2.24, 2.45) is 5.92 Å². The van der Waals surface area contributed by atoms with Crippen LogP contribution in [-0.4, -0.2) is 48.7 Å². The summed E-state index contributed by atoms with van der Waals surface area (Å²) < 4.78 is 1.78. The predicted octanol–water partition coefficient (Wildman–Crippen LogP) is 6.85. The standard InChI is InChI=1S/C35H41N7O2/c1-22-9-11-27(12-10-22)42-32(19-31(40-42)35(3,4)5)39-34(44)38-26-8-6-7-24(16-26)15-25-17-28-13-14-29(18-25)41(28)33(43)30-21-36-23(2)20-37-30/h6-12,16,19-21,25,28-29H,13-15,17-18H2,1-5H3,(H2,38,39,44). The van der Waals surface area contributed by atoms with Gasteiger partial charge in [0, 0.05) is 35.4 Å². The molecule has 9 heteroatoms. The highest BCUT2D eigenvalue weighted by atomic mass is 16.2. The van der Waals surface area contributed by atoms with Gasteiger partial charge in [0.15, 0.2) is 0 Å². The van der Waals surface area contributed by atoms with E-state index in [-0.39, 0.29) is 29.4 Å². The maximum absolute atomic E-state index is 13.3. The Morgan fingerprint density at radius 1 is 0.909 bits per heavy atom. The molecule has 2 fully saturated rings. The van der Waals surface area contributed by atoms with E-state index >= 15 is 0 Å². The molecule has 4 heterocycles. The number of amides is 3. The molecule has 2 bridgehead atoms. The highest BCUT2D eigenvalue weighted by Crippen LogP contribution is 2.40. The number of hydrogen-bond acceptors (Lipinski definition) is 5. The Kier molecular flexibility index (Phi) is 7.97. The summed E-state index contributed by atoms with van der Waals surface area (Å²) in [6, 6.07) is 18.2. The van der Waals surface area contributed by atoms with Gasteiger partial charge in [0.1, 0.15) is 11.5 Å². The van der Waals surface area contributed by atoms with Crippen LogP contribution in [0, 0.1) is 19.8 Å². The van der Waals surface area contributed by atoms with Crippen LogP contribution in [0.25, 0.3) is 5.69 Å². The maximum atomic E-state index is 13.3. The van der Waals surface area contributed by atoms with E-state index in [2.05, 4.69) is 58.4 Å². The fraction of sp³-hybridized carbons (Fsp3) is 0.400. The Balaban J connectivity index is 1.10. The Labute approximate surface area is 259 Å². The van der Waals surface area contributed by atoms with E-state index in [9.17, 15) is 9.59 Å². The zero-order valence-electron chi connectivity index (χ0n) is 26.2. The van der Waals surface area contributed by atoms with E-state index < -0.39 is 0 Å². The highest BCUT2D eigenvalue weighted by molar-refractivity contribution is 5.99. The number of carbonyl (C=O) groups excluding carboxylic acids is 2. The van der Waals surface area contributed by atoms with Crippen LogP contribution in [0.15, 0.2) is 67.0 Å². The summed E-state index contributed by atoms with van der Waals surface area (Å²) in [7, 11) is 0. The molecule has 0 saturated carbocycles. The molecule has 2 aromatic carbocycles. The van der Waals surface area contributed by atoms with E-state index in [0.717, 1.165) is 60.4 Å². The Morgan fingerprint density at radius 2 is 1.64 bits per heavy atom. The number of nitrogens with zero attached hydrogens (tertiary/aromatic N) is 5. The highest BCUT2D eigenvalue weighted by Gasteiger charge is 2.43. The van der Waals surface area contributed by atoms with Gasteiger partial charge in [-0.1, -0.05) is 50.6 Å². The van der Waals surface area contributed by atoms with Crippen LogP contribution in [-0.2, 0) is 11.8 Å². The first-order valence-electron chi connectivity index (χ1n) is 15.5. The number of hydrogen-bond donors (Lipinski definition) is 2. The van der Waals surface area contributed by atoms with Crippen molar-refractivity contribution in [2.75, 3.05) is 10.6 Å². The van der Waals surface area contributed by atoms with E-state index in [1.54, 1.807) is 17.1 Å². The lowest BCUT2D eigenvalue weighted by Crippen LogP contribution is -2.47. The first-order chi connectivity index (χ1) is 21.0. The normalized spacial score (nSPS) is 19.6. The molecule has 44 heavy (non-hydrogen) atoms. The molecule has 2 saturated heterocycles. The number of carbonyl (C=O) groups is 2. The molecule has 2 aliphatic heterocycles. The zero-order valence-corrected chi connectivity index (χ0v) is 26.2. The number of fused-ring (bicyclic) bond motifs is 2. The molecule has 9 nitrogen and oxygen atoms in total. The van der Waals surface area contributed by atoms with Gasteiger partial charge < -0.3 is 10.2 Å². The number of aromatic nitrogens is 4. The maximum Gasteiger partial charge on any atom is 0.324 e. The van der Waals surface area contributed by atoms with Gasteiger partial charge in [0.25, 0.3) is 5.91 Å². The van der Waals surface area contributed by atoms with Crippen LogP contribution in [0.5, 0.6) is 0 Å². The first-order valence-corrected chi connectivity index (χ1v) is 15.5. The van der Waals surface area contributed by atoms with Crippen molar-refractivity contribution < 1.29 is 9.59 Å². The molecule has 0 radical (unpaired) electrons. The molecule has 2 atom stereocenters. The third-order valence-electron chi connectivity index (χ3n) is 8.77. The summed E-state index contributed by atoms with van der Waals surface area (Å²) in [6.07, 6.45) is 8.17. The van der Waals surface area contributed by atoms with Gasteiger partial charge >= 0.3 is 6.03 Å². The Morgan fingerprint density at radius 3 is 2.30 bits per heavy atom. The Hall–Kier alpha value is -4.53. The molecule has 228 valence electrons. The van der Waals surface area contributed by atoms with E-state index in [4.69, 9.17) is 5.10 Å². The average Bonchev–Trinajstić information content (AvgIpc) is 3.52. The van der Waals surface area contributed by atoms with Crippen molar-refractivity contribution in [3.05, 3.63) is 95.2 Å². The summed E-state index contributed by atoms with van der Waals surface area (Å²) >= 11 is 0. The minimum Gasteiger partial charge on any atom is -0.331 e. The van der Waals surface area contributed by atoms with Crippen molar-refractivity contribution in [1.29, 1.82) is 0 Å². The second-order valence-electron chi connectivity index (χ2n) is 13.4. The molecule has 2 aromatic heterocycles. The lowest BCUT2D eigenvalue weighted by Gasteiger charge is -2.39. The fourth-order valence-electron chi connectivity index (χ4n) is 6.53. The molecule has 0 spiro atoms. The predicted molar refractivity (Wildman–Crippen MR) is 172 cm³/mol. The number of benzene rings is 2. The molecule has 2 N–H and O–H groups in total. The monoisotopic (exact) mass is 591 g/mol. The van der Waals surface area contributed by atoms with Crippen molar-refractivity contribution in [1.82, 2.24) is 24.6 Å². The van der Waals surface area contributed by atoms with Gasteiger partial charge in [0.05, 0.1) is 23.3 Å². The molecule has 0 aliphatic carbocycles. The smallest absolute Gasteiger partial charge is 0.324 e. The van der Waals surface area contributed by atoms with Gasteiger partial charge in [-0.05, 0) is 81.7 Å². The van der Waals surface area contributed by atoms with Gasteiger partial charge in [0.2, 0.25) is 0 Å². The van der Waals surface area contributed by atoms with Crippen molar-refractivity contribution in [3.8, 4) is 5.69 Å². The minimum absolute atomic E-state index is 0.000924. The van der Waals surface area contributed by atoms with Crippen LogP contribution in [0.4, 0.5) is 16.3 Å². The molecule has 2 unspecified atom stereocenters. The SMILES string of the molecule is Cc1ccc(-n2nc(C(C)(C)C)cc2NC(=O)Nc2cccc(CC3CC4CCC(C3)N4C(=O)c3cnc(C)cn3)c2)cc1. The molecule has 3 amide bonds. The summed E-state index contributed by atoms with van der Waals surface area (Å²) in [6.45, 7) is 10.2. The molecular formula is C35H41N7O2. The number of anilines is 2. The lowest BCUT2D eigenvalue weighted by molar-refractivity contribution is 0.0518. The van der Waals surface area contributed by atoms with Crippen molar-refractivity contribution in [3.63, 3.8) is 0 Å². The van der Waals surface area contributed by atoms with E-state index in [0.29, 0.717) is 17.4 Å². The second-order valence-corrected chi connectivity index (χ2v) is 13.4. The Bertz CT molecular complexity index is 1640. The number of piperidine rings is 1. The number of nitrogens with one attached hydrogen (secondary N) is 2. The lowest BCUT2D eigenvalue weighted by atomic mass is 9.85. The van der Waals surface area contributed by atoms with Crippen molar-refractivity contribution in [2.45, 2.75) is 84.2 Å². The third-order valence-corrected chi connectivity index (χ3v) is 8.77. The second kappa shape index (κ2) is 11.9. The third kappa shape index (κ3) is 6.37.